The predicted octanol–water partition coefficient (Wildman–Crippen LogP) is 4.68. The van der Waals surface area contributed by atoms with Crippen LogP contribution < -0.4 is 15.4 Å². The van der Waals surface area contributed by atoms with E-state index in [0.29, 0.717) is 34.0 Å². The van der Waals surface area contributed by atoms with Crippen LogP contribution in [0.3, 0.4) is 0 Å². The van der Waals surface area contributed by atoms with E-state index in [1.165, 1.54) is 18.2 Å². The zero-order valence-electron chi connectivity index (χ0n) is 13.9. The van der Waals surface area contributed by atoms with Gasteiger partial charge in [0.2, 0.25) is 5.91 Å². The number of hydrogen-bond donors (Lipinski definition) is 2. The molecule has 1 amide bonds. The van der Waals surface area contributed by atoms with Crippen molar-refractivity contribution in [3.63, 3.8) is 0 Å². The normalized spacial score (nSPS) is 10.1. The number of nitro groups is 1. The van der Waals surface area contributed by atoms with Gasteiger partial charge in [-0.05, 0) is 64.9 Å². The van der Waals surface area contributed by atoms with Gasteiger partial charge in [0.05, 0.1) is 17.2 Å². The Balaban J connectivity index is 1.73. The van der Waals surface area contributed by atoms with E-state index in [-0.39, 0.29) is 23.1 Å². The molecule has 0 bridgehead atoms. The second-order valence-corrected chi connectivity index (χ2v) is 7.03. The fourth-order valence-corrected chi connectivity index (χ4v) is 2.83. The highest BCUT2D eigenvalue weighted by atomic mass is 79.9. The molecule has 0 radical (unpaired) electrons. The molecule has 7 nitrogen and oxygen atoms in total. The van der Waals surface area contributed by atoms with E-state index in [1.54, 1.807) is 24.3 Å². The maximum atomic E-state index is 11.9. The average molecular weight is 473 g/mol. The molecular weight excluding hydrogens is 458 g/mol. The number of ether oxygens (including phenoxy) is 1. The smallest absolute Gasteiger partial charge is 0.270 e. The zero-order valence-corrected chi connectivity index (χ0v) is 17.1. The van der Waals surface area contributed by atoms with Crippen molar-refractivity contribution < 1.29 is 14.5 Å². The summed E-state index contributed by atoms with van der Waals surface area (Å²) in [5, 5.41) is 16.8. The van der Waals surface area contributed by atoms with Crippen LogP contribution in [0.25, 0.3) is 0 Å². The molecule has 142 valence electrons. The molecule has 10 heteroatoms. The van der Waals surface area contributed by atoms with Crippen molar-refractivity contribution in [2.24, 2.45) is 0 Å². The summed E-state index contributed by atoms with van der Waals surface area (Å²) >= 11 is 14.1. The summed E-state index contributed by atoms with van der Waals surface area (Å²) in [6.07, 6.45) is 0.745. The van der Waals surface area contributed by atoms with E-state index in [4.69, 9.17) is 28.6 Å². The van der Waals surface area contributed by atoms with Gasteiger partial charge in [0.25, 0.3) is 5.69 Å². The Hall–Kier alpha value is -2.23. The fraction of sp³-hybridized carbons (Fsp3) is 0.176. The third kappa shape index (κ3) is 7.12. The Bertz CT molecular complexity index is 849. The highest BCUT2D eigenvalue weighted by Gasteiger charge is 2.11. The second kappa shape index (κ2) is 10.2. The summed E-state index contributed by atoms with van der Waals surface area (Å²) in [5.74, 6) is 0.422. The topological polar surface area (TPSA) is 93.5 Å². The maximum Gasteiger partial charge on any atom is 0.270 e. The van der Waals surface area contributed by atoms with E-state index in [9.17, 15) is 14.9 Å². The number of non-ortho nitro benzene ring substituents is 1. The first-order chi connectivity index (χ1) is 12.8. The minimum atomic E-state index is -0.499. The van der Waals surface area contributed by atoms with Crippen LogP contribution in [0.2, 0.25) is 5.02 Å². The van der Waals surface area contributed by atoms with Gasteiger partial charge in [0.1, 0.15) is 5.75 Å². The summed E-state index contributed by atoms with van der Waals surface area (Å²) in [6.45, 7) is 0.378. The summed E-state index contributed by atoms with van der Waals surface area (Å²) in [7, 11) is 0. The molecule has 0 spiro atoms. The van der Waals surface area contributed by atoms with Crippen molar-refractivity contribution in [1.29, 1.82) is 0 Å². The lowest BCUT2D eigenvalue weighted by atomic mass is 10.3. The number of carbonyl (C=O) groups excluding carboxylic acids is 1. The number of halogens is 2. The summed E-state index contributed by atoms with van der Waals surface area (Å²) in [6, 6.07) is 11.1. The molecule has 0 aliphatic carbocycles. The molecule has 0 aromatic heterocycles. The van der Waals surface area contributed by atoms with Crippen molar-refractivity contribution in [2.45, 2.75) is 12.8 Å². The number of rotatable bonds is 7. The van der Waals surface area contributed by atoms with Crippen LogP contribution in [0.1, 0.15) is 12.8 Å². The highest BCUT2D eigenvalue weighted by molar-refractivity contribution is 9.10. The molecule has 2 N–H and O–H groups in total. The van der Waals surface area contributed by atoms with E-state index in [1.807, 2.05) is 0 Å². The van der Waals surface area contributed by atoms with Crippen molar-refractivity contribution in [1.82, 2.24) is 5.32 Å². The molecule has 0 aliphatic heterocycles. The number of benzene rings is 2. The number of hydrogen-bond acceptors (Lipinski definition) is 5. The van der Waals surface area contributed by atoms with Gasteiger partial charge >= 0.3 is 0 Å². The molecule has 0 fully saturated rings. The van der Waals surface area contributed by atoms with Crippen molar-refractivity contribution >= 4 is 62.1 Å². The number of nitro benzene ring substituents is 1. The van der Waals surface area contributed by atoms with Gasteiger partial charge in [-0.25, -0.2) is 0 Å². The Labute approximate surface area is 174 Å². The lowest BCUT2D eigenvalue weighted by molar-refractivity contribution is -0.384. The zero-order chi connectivity index (χ0) is 19.8. The van der Waals surface area contributed by atoms with Gasteiger partial charge < -0.3 is 15.4 Å². The Morgan fingerprint density at radius 1 is 1.26 bits per heavy atom. The van der Waals surface area contributed by atoms with Crippen LogP contribution in [0.15, 0.2) is 46.9 Å². The van der Waals surface area contributed by atoms with Crippen LogP contribution in [0.5, 0.6) is 5.75 Å². The Morgan fingerprint density at radius 2 is 1.96 bits per heavy atom. The minimum Gasteiger partial charge on any atom is -0.494 e. The van der Waals surface area contributed by atoms with E-state index < -0.39 is 4.92 Å². The van der Waals surface area contributed by atoms with Crippen molar-refractivity contribution in [2.75, 3.05) is 11.9 Å². The first-order valence-electron chi connectivity index (χ1n) is 7.78. The van der Waals surface area contributed by atoms with Crippen LogP contribution in [-0.2, 0) is 4.79 Å². The standard InChI is InChI=1S/C17H15BrClN3O4S/c18-14-10-12(22(24)25)5-8-15(14)20-17(27)21-16(23)2-1-9-26-13-6-3-11(19)4-7-13/h3-8,10H,1-2,9H2,(H2,20,21,23,27). The summed E-state index contributed by atoms with van der Waals surface area (Å²) in [5.41, 5.74) is 0.458. The van der Waals surface area contributed by atoms with Gasteiger partial charge in [0, 0.05) is 28.0 Å². The molecule has 0 atom stereocenters. The lowest BCUT2D eigenvalue weighted by Crippen LogP contribution is -2.34. The highest BCUT2D eigenvalue weighted by Crippen LogP contribution is 2.27. The number of carbonyl (C=O) groups is 1. The summed E-state index contributed by atoms with van der Waals surface area (Å²) in [4.78, 5) is 22.1. The van der Waals surface area contributed by atoms with E-state index in [0.717, 1.165) is 0 Å². The first kappa shape index (κ1) is 21.1. The van der Waals surface area contributed by atoms with Crippen LogP contribution in [0, 0.1) is 10.1 Å². The van der Waals surface area contributed by atoms with Crippen molar-refractivity contribution in [3.05, 3.63) is 62.1 Å². The number of nitrogens with zero attached hydrogens (tertiary/aromatic N) is 1. The van der Waals surface area contributed by atoms with Crippen LogP contribution in [-0.4, -0.2) is 22.5 Å². The van der Waals surface area contributed by atoms with Gasteiger partial charge in [-0.15, -0.1) is 0 Å². The third-order valence-corrected chi connectivity index (χ3v) is 4.41. The lowest BCUT2D eigenvalue weighted by Gasteiger charge is -2.11. The molecule has 27 heavy (non-hydrogen) atoms. The van der Waals surface area contributed by atoms with E-state index >= 15 is 0 Å². The molecule has 0 heterocycles. The number of thiocarbonyl (C=S) groups is 1. The fourth-order valence-electron chi connectivity index (χ4n) is 2.02. The second-order valence-electron chi connectivity index (χ2n) is 5.33. The first-order valence-corrected chi connectivity index (χ1v) is 9.36. The molecule has 2 aromatic carbocycles. The largest absolute Gasteiger partial charge is 0.494 e. The van der Waals surface area contributed by atoms with Gasteiger partial charge in [-0.3, -0.25) is 14.9 Å². The molecule has 2 rings (SSSR count). The SMILES string of the molecule is O=C(CCCOc1ccc(Cl)cc1)NC(=S)Nc1ccc([N+](=O)[O-])cc1Br. The molecule has 0 saturated heterocycles. The van der Waals surface area contributed by atoms with Gasteiger partial charge in [0.15, 0.2) is 5.11 Å². The van der Waals surface area contributed by atoms with Crippen molar-refractivity contribution in [3.8, 4) is 5.75 Å². The number of anilines is 1. The Kier molecular flexibility index (Phi) is 7.96. The molecule has 0 saturated carbocycles. The molecule has 0 aliphatic rings. The maximum absolute atomic E-state index is 11.9. The summed E-state index contributed by atoms with van der Waals surface area (Å²) < 4.78 is 5.97. The molecule has 2 aromatic rings. The Morgan fingerprint density at radius 3 is 2.59 bits per heavy atom. The third-order valence-electron chi connectivity index (χ3n) is 3.30. The monoisotopic (exact) mass is 471 g/mol. The van der Waals surface area contributed by atoms with Gasteiger partial charge in [-0.1, -0.05) is 11.6 Å². The average Bonchev–Trinajstić information content (AvgIpc) is 2.61. The van der Waals surface area contributed by atoms with E-state index in [2.05, 4.69) is 26.6 Å². The molecule has 0 unspecified atom stereocenters. The quantitative estimate of drug-likeness (QED) is 0.263. The molecular formula is C17H15BrClN3O4S. The van der Waals surface area contributed by atoms with Crippen LogP contribution in [0.4, 0.5) is 11.4 Å². The minimum absolute atomic E-state index is 0.0527. The van der Waals surface area contributed by atoms with Crippen LogP contribution >= 0.6 is 39.7 Å². The van der Waals surface area contributed by atoms with Gasteiger partial charge in [-0.2, -0.15) is 0 Å². The number of nitrogens with one attached hydrogen (secondary N) is 2. The predicted molar refractivity (Wildman–Crippen MR) is 111 cm³/mol. The number of amides is 1.